The molecule has 0 spiro atoms. The average molecular weight is 312 g/mol. The third-order valence-corrected chi connectivity index (χ3v) is 5.98. The molecule has 3 atom stereocenters. The summed E-state index contributed by atoms with van der Waals surface area (Å²) in [6, 6.07) is 6.55. The van der Waals surface area contributed by atoms with Crippen molar-refractivity contribution in [1.29, 1.82) is 0 Å². The van der Waals surface area contributed by atoms with Gasteiger partial charge < -0.3 is 5.32 Å². The maximum absolute atomic E-state index is 6.36. The Kier molecular flexibility index (Phi) is 4.59. The minimum Gasteiger partial charge on any atom is -0.314 e. The van der Waals surface area contributed by atoms with E-state index in [0.29, 0.717) is 11.1 Å². The molecule has 0 amide bonds. The van der Waals surface area contributed by atoms with Crippen LogP contribution in [-0.2, 0) is 6.42 Å². The van der Waals surface area contributed by atoms with E-state index < -0.39 is 0 Å². The van der Waals surface area contributed by atoms with E-state index in [1.165, 1.54) is 31.2 Å². The first-order valence-corrected chi connectivity index (χ1v) is 8.64. The van der Waals surface area contributed by atoms with Gasteiger partial charge in [0.2, 0.25) is 0 Å². The quantitative estimate of drug-likeness (QED) is 0.811. The molecule has 2 aliphatic carbocycles. The van der Waals surface area contributed by atoms with Crippen LogP contribution in [0.1, 0.15) is 38.2 Å². The van der Waals surface area contributed by atoms with Crippen LogP contribution in [0.25, 0.3) is 0 Å². The topological polar surface area (TPSA) is 12.0 Å². The Bertz CT molecular complexity index is 462. The second-order valence-corrected chi connectivity index (χ2v) is 7.06. The van der Waals surface area contributed by atoms with E-state index in [2.05, 4.69) is 18.3 Å². The van der Waals surface area contributed by atoms with E-state index in [1.54, 1.807) is 0 Å². The molecule has 3 unspecified atom stereocenters. The van der Waals surface area contributed by atoms with E-state index in [9.17, 15) is 0 Å². The van der Waals surface area contributed by atoms with Crippen molar-refractivity contribution in [3.63, 3.8) is 0 Å². The molecule has 3 rings (SSSR count). The van der Waals surface area contributed by atoms with Crippen molar-refractivity contribution in [2.45, 2.75) is 45.1 Å². The molecular formula is C17H23Cl2N. The van der Waals surface area contributed by atoms with Gasteiger partial charge in [0.15, 0.2) is 0 Å². The van der Waals surface area contributed by atoms with Crippen molar-refractivity contribution in [1.82, 2.24) is 5.32 Å². The number of likely N-dealkylation sites (N-methyl/N-ethyl adjacent to an activating group) is 1. The standard InChI is InChI=1S/C17H23Cl2N/c1-2-20-15(16-12-7-3-4-8-13(12)16)10-11-6-5-9-14(18)17(11)19/h5-6,9,12-13,15-16,20H,2-4,7-8,10H2,1H3. The highest BCUT2D eigenvalue weighted by Crippen LogP contribution is 2.57. The molecule has 2 aliphatic rings. The first-order chi connectivity index (χ1) is 9.72. The van der Waals surface area contributed by atoms with E-state index >= 15 is 0 Å². The fourth-order valence-electron chi connectivity index (χ4n) is 4.19. The largest absolute Gasteiger partial charge is 0.314 e. The molecule has 110 valence electrons. The molecule has 0 saturated heterocycles. The lowest BCUT2D eigenvalue weighted by Crippen LogP contribution is -2.34. The highest BCUT2D eigenvalue weighted by Gasteiger charge is 2.53. The summed E-state index contributed by atoms with van der Waals surface area (Å²) in [5.41, 5.74) is 1.19. The second kappa shape index (κ2) is 6.25. The van der Waals surface area contributed by atoms with Crippen molar-refractivity contribution >= 4 is 23.2 Å². The van der Waals surface area contributed by atoms with Crippen LogP contribution in [0.4, 0.5) is 0 Å². The molecule has 1 nitrogen and oxygen atoms in total. The number of benzene rings is 1. The monoisotopic (exact) mass is 311 g/mol. The Morgan fingerprint density at radius 1 is 1.20 bits per heavy atom. The zero-order valence-corrected chi connectivity index (χ0v) is 13.6. The van der Waals surface area contributed by atoms with Crippen LogP contribution in [0, 0.1) is 17.8 Å². The average Bonchev–Trinajstić information content (AvgIpc) is 3.17. The number of nitrogens with one attached hydrogen (secondary N) is 1. The Morgan fingerprint density at radius 3 is 2.55 bits per heavy atom. The molecule has 0 heterocycles. The molecular weight excluding hydrogens is 289 g/mol. The van der Waals surface area contributed by atoms with Gasteiger partial charge in [0.25, 0.3) is 0 Å². The molecule has 0 bridgehead atoms. The molecule has 2 saturated carbocycles. The van der Waals surface area contributed by atoms with E-state index in [-0.39, 0.29) is 0 Å². The van der Waals surface area contributed by atoms with Gasteiger partial charge in [-0.25, -0.2) is 0 Å². The van der Waals surface area contributed by atoms with Crippen LogP contribution in [-0.4, -0.2) is 12.6 Å². The molecule has 0 radical (unpaired) electrons. The van der Waals surface area contributed by atoms with Gasteiger partial charge in [-0.2, -0.15) is 0 Å². The summed E-state index contributed by atoms with van der Waals surface area (Å²) in [5.74, 6) is 2.78. The first kappa shape index (κ1) is 14.7. The Balaban J connectivity index is 1.73. The normalized spacial score (nSPS) is 29.9. The van der Waals surface area contributed by atoms with Crippen LogP contribution >= 0.6 is 23.2 Å². The minimum atomic E-state index is 0.559. The van der Waals surface area contributed by atoms with Gasteiger partial charge >= 0.3 is 0 Å². The molecule has 0 aromatic heterocycles. The molecule has 2 fully saturated rings. The van der Waals surface area contributed by atoms with E-state index in [1.807, 2.05) is 12.1 Å². The summed E-state index contributed by atoms with van der Waals surface area (Å²) in [4.78, 5) is 0. The number of halogens is 2. The maximum Gasteiger partial charge on any atom is 0.0624 e. The van der Waals surface area contributed by atoms with E-state index in [0.717, 1.165) is 35.7 Å². The smallest absolute Gasteiger partial charge is 0.0624 e. The molecule has 20 heavy (non-hydrogen) atoms. The van der Waals surface area contributed by atoms with Crippen molar-refractivity contribution < 1.29 is 0 Å². The molecule has 3 heteroatoms. The Hall–Kier alpha value is -0.240. The summed E-state index contributed by atoms with van der Waals surface area (Å²) in [6.45, 7) is 3.22. The number of hydrogen-bond acceptors (Lipinski definition) is 1. The lowest BCUT2D eigenvalue weighted by Gasteiger charge is -2.19. The van der Waals surface area contributed by atoms with Crippen molar-refractivity contribution in [2.24, 2.45) is 17.8 Å². The summed E-state index contributed by atoms with van der Waals surface area (Å²) in [6.07, 6.45) is 6.72. The highest BCUT2D eigenvalue weighted by atomic mass is 35.5. The lowest BCUT2D eigenvalue weighted by atomic mass is 9.99. The van der Waals surface area contributed by atoms with Crippen LogP contribution in [0.3, 0.4) is 0 Å². The van der Waals surface area contributed by atoms with Gasteiger partial charge in [0.1, 0.15) is 0 Å². The Labute approximate surface area is 132 Å². The summed E-state index contributed by atoms with van der Waals surface area (Å²) < 4.78 is 0. The second-order valence-electron chi connectivity index (χ2n) is 6.27. The highest BCUT2D eigenvalue weighted by molar-refractivity contribution is 6.42. The number of fused-ring (bicyclic) bond motifs is 1. The zero-order valence-electron chi connectivity index (χ0n) is 12.0. The van der Waals surface area contributed by atoms with Crippen molar-refractivity contribution in [2.75, 3.05) is 6.54 Å². The van der Waals surface area contributed by atoms with Crippen LogP contribution < -0.4 is 5.32 Å². The summed E-state index contributed by atoms with van der Waals surface area (Å²) >= 11 is 12.5. The van der Waals surface area contributed by atoms with Gasteiger partial charge in [0.05, 0.1) is 10.0 Å². The third kappa shape index (κ3) is 2.86. The summed E-state index contributed by atoms with van der Waals surface area (Å²) in [7, 11) is 0. The predicted octanol–water partition coefficient (Wildman–Crippen LogP) is 4.95. The molecule has 0 aliphatic heterocycles. The lowest BCUT2D eigenvalue weighted by molar-refractivity contribution is 0.437. The fraction of sp³-hybridized carbons (Fsp3) is 0.647. The van der Waals surface area contributed by atoms with Crippen molar-refractivity contribution in [3.05, 3.63) is 33.8 Å². The van der Waals surface area contributed by atoms with Crippen LogP contribution in [0.2, 0.25) is 10.0 Å². The van der Waals surface area contributed by atoms with Gasteiger partial charge in [-0.15, -0.1) is 0 Å². The minimum absolute atomic E-state index is 0.559. The number of hydrogen-bond donors (Lipinski definition) is 1. The van der Waals surface area contributed by atoms with Gasteiger partial charge in [-0.1, -0.05) is 55.1 Å². The Morgan fingerprint density at radius 2 is 1.90 bits per heavy atom. The summed E-state index contributed by atoms with van der Waals surface area (Å²) in [5, 5.41) is 5.10. The van der Waals surface area contributed by atoms with Crippen LogP contribution in [0.15, 0.2) is 18.2 Å². The van der Waals surface area contributed by atoms with E-state index in [4.69, 9.17) is 23.2 Å². The van der Waals surface area contributed by atoms with Crippen molar-refractivity contribution in [3.8, 4) is 0 Å². The maximum atomic E-state index is 6.36. The number of rotatable bonds is 5. The third-order valence-electron chi connectivity index (χ3n) is 5.13. The zero-order chi connectivity index (χ0) is 14.1. The predicted molar refractivity (Wildman–Crippen MR) is 86.6 cm³/mol. The molecule has 1 aromatic rings. The van der Waals surface area contributed by atoms with Gasteiger partial charge in [-0.05, 0) is 55.2 Å². The first-order valence-electron chi connectivity index (χ1n) is 7.88. The van der Waals surface area contributed by atoms with Crippen LogP contribution in [0.5, 0.6) is 0 Å². The fourth-order valence-corrected chi connectivity index (χ4v) is 4.59. The SMILES string of the molecule is CCNC(Cc1cccc(Cl)c1Cl)C1C2CCCCC21. The molecule has 1 aromatic carbocycles. The van der Waals surface area contributed by atoms with Gasteiger partial charge in [0, 0.05) is 6.04 Å². The van der Waals surface area contributed by atoms with Gasteiger partial charge in [-0.3, -0.25) is 0 Å². The molecule has 1 N–H and O–H groups in total.